The smallest absolute Gasteiger partial charge is 0.322 e. The van der Waals surface area contributed by atoms with Gasteiger partial charge in [0.1, 0.15) is 5.76 Å². The number of rotatable bonds is 5. The lowest BCUT2D eigenvalue weighted by atomic mass is 10.2. The van der Waals surface area contributed by atoms with E-state index < -0.39 is 0 Å². The minimum absolute atomic E-state index is 0.123. The molecule has 6 heteroatoms. The molecule has 2 aromatic rings. The Morgan fingerprint density at radius 2 is 1.72 bits per heavy atom. The maximum absolute atomic E-state index is 12.8. The van der Waals surface area contributed by atoms with Crippen LogP contribution in [0.1, 0.15) is 38.4 Å². The summed E-state index contributed by atoms with van der Waals surface area (Å²) in [6, 6.07) is 10.9. The van der Waals surface area contributed by atoms with Crippen molar-refractivity contribution in [2.24, 2.45) is 0 Å². The molecule has 2 N–H and O–H groups in total. The third-order valence-electron chi connectivity index (χ3n) is 4.39. The Morgan fingerprint density at radius 3 is 2.28 bits per heavy atom. The predicted octanol–water partition coefficient (Wildman–Crippen LogP) is 4.21. The number of furan rings is 1. The Balaban J connectivity index is 1.67. The summed E-state index contributed by atoms with van der Waals surface area (Å²) in [5, 5.41) is 5.65. The molecular formula is C19H23N3O3. The molecule has 0 unspecified atom stereocenters. The summed E-state index contributed by atoms with van der Waals surface area (Å²) >= 11 is 0. The molecule has 1 fully saturated rings. The molecule has 0 spiro atoms. The van der Waals surface area contributed by atoms with Crippen LogP contribution in [0.4, 0.5) is 16.2 Å². The average Bonchev–Trinajstić information content (AvgIpc) is 3.27. The summed E-state index contributed by atoms with van der Waals surface area (Å²) < 4.78 is 5.41. The van der Waals surface area contributed by atoms with Gasteiger partial charge in [-0.3, -0.25) is 4.79 Å². The van der Waals surface area contributed by atoms with E-state index in [0.29, 0.717) is 17.9 Å². The van der Waals surface area contributed by atoms with E-state index in [2.05, 4.69) is 10.6 Å². The zero-order valence-corrected chi connectivity index (χ0v) is 14.3. The normalized spacial score (nSPS) is 14.3. The second-order valence-electron chi connectivity index (χ2n) is 6.33. The summed E-state index contributed by atoms with van der Waals surface area (Å²) in [5.74, 6) is 0.658. The number of urea groups is 1. The number of carbonyl (C=O) groups excluding carboxylic acids is 2. The first-order valence-electron chi connectivity index (χ1n) is 8.59. The number of nitrogens with zero attached hydrogens (tertiary/aromatic N) is 1. The number of hydrogen-bond acceptors (Lipinski definition) is 3. The Hall–Kier alpha value is -2.76. The van der Waals surface area contributed by atoms with Crippen LogP contribution in [0.2, 0.25) is 0 Å². The number of nitrogens with one attached hydrogen (secondary N) is 2. The molecule has 25 heavy (non-hydrogen) atoms. The lowest BCUT2D eigenvalue weighted by Gasteiger charge is -2.28. The Morgan fingerprint density at radius 1 is 1.08 bits per heavy atom. The zero-order chi connectivity index (χ0) is 17.6. The SMILES string of the molecule is CC(=O)Nc1ccc(NC(=O)N(Cc2ccco2)C2CCCC2)cc1. The van der Waals surface area contributed by atoms with Crippen LogP contribution in [-0.4, -0.2) is 22.9 Å². The van der Waals surface area contributed by atoms with Gasteiger partial charge in [0.15, 0.2) is 0 Å². The molecule has 1 aliphatic carbocycles. The molecule has 0 radical (unpaired) electrons. The molecule has 6 nitrogen and oxygen atoms in total. The van der Waals surface area contributed by atoms with Gasteiger partial charge in [-0.15, -0.1) is 0 Å². The third kappa shape index (κ3) is 4.62. The van der Waals surface area contributed by atoms with Crippen molar-refractivity contribution in [3.8, 4) is 0 Å². The van der Waals surface area contributed by atoms with E-state index in [9.17, 15) is 9.59 Å². The highest BCUT2D eigenvalue weighted by molar-refractivity contribution is 5.91. The first-order valence-corrected chi connectivity index (χ1v) is 8.59. The van der Waals surface area contributed by atoms with Crippen LogP contribution in [0.25, 0.3) is 0 Å². The van der Waals surface area contributed by atoms with E-state index in [1.54, 1.807) is 30.5 Å². The molecule has 0 aliphatic heterocycles. The summed E-state index contributed by atoms with van der Waals surface area (Å²) in [5.41, 5.74) is 1.40. The molecule has 1 heterocycles. The van der Waals surface area contributed by atoms with Crippen molar-refractivity contribution in [2.45, 2.75) is 45.2 Å². The van der Waals surface area contributed by atoms with E-state index in [-0.39, 0.29) is 18.0 Å². The fourth-order valence-corrected chi connectivity index (χ4v) is 3.19. The van der Waals surface area contributed by atoms with Gasteiger partial charge in [0.25, 0.3) is 0 Å². The van der Waals surface area contributed by atoms with Gasteiger partial charge in [-0.05, 0) is 49.2 Å². The fraction of sp³-hybridized carbons (Fsp3) is 0.368. The Kier molecular flexibility index (Phi) is 5.38. The van der Waals surface area contributed by atoms with Crippen molar-refractivity contribution in [1.82, 2.24) is 4.90 Å². The fourth-order valence-electron chi connectivity index (χ4n) is 3.19. The first-order chi connectivity index (χ1) is 12.1. The summed E-state index contributed by atoms with van der Waals surface area (Å²) in [4.78, 5) is 25.7. The summed E-state index contributed by atoms with van der Waals surface area (Å²) in [7, 11) is 0. The highest BCUT2D eigenvalue weighted by atomic mass is 16.3. The van der Waals surface area contributed by atoms with Crippen molar-refractivity contribution in [3.05, 3.63) is 48.4 Å². The third-order valence-corrected chi connectivity index (χ3v) is 4.39. The monoisotopic (exact) mass is 341 g/mol. The standard InChI is InChI=1S/C19H23N3O3/c1-14(23)20-15-8-10-16(11-9-15)21-19(24)22(17-5-2-3-6-17)13-18-7-4-12-25-18/h4,7-12,17H,2-3,5-6,13H2,1H3,(H,20,23)(H,21,24). The number of hydrogen-bond donors (Lipinski definition) is 2. The number of amides is 3. The molecule has 0 atom stereocenters. The van der Waals surface area contributed by atoms with E-state index in [0.717, 1.165) is 31.4 Å². The first kappa shape index (κ1) is 17.1. The Bertz CT molecular complexity index is 704. The summed E-state index contributed by atoms with van der Waals surface area (Å²) in [6.07, 6.45) is 5.97. The molecule has 1 aromatic heterocycles. The quantitative estimate of drug-likeness (QED) is 0.855. The maximum Gasteiger partial charge on any atom is 0.322 e. The lowest BCUT2D eigenvalue weighted by molar-refractivity contribution is -0.114. The van der Waals surface area contributed by atoms with Crippen molar-refractivity contribution >= 4 is 23.3 Å². The number of carbonyl (C=O) groups is 2. The van der Waals surface area contributed by atoms with Crippen molar-refractivity contribution < 1.29 is 14.0 Å². The summed E-state index contributed by atoms with van der Waals surface area (Å²) in [6.45, 7) is 1.93. The van der Waals surface area contributed by atoms with E-state index in [4.69, 9.17) is 4.42 Å². The van der Waals surface area contributed by atoms with Gasteiger partial charge in [0.2, 0.25) is 5.91 Å². The van der Waals surface area contributed by atoms with Crippen molar-refractivity contribution in [2.75, 3.05) is 10.6 Å². The molecule has 0 bridgehead atoms. The van der Waals surface area contributed by atoms with Crippen molar-refractivity contribution in [1.29, 1.82) is 0 Å². The van der Waals surface area contributed by atoms with E-state index in [1.807, 2.05) is 17.0 Å². The second-order valence-corrected chi connectivity index (χ2v) is 6.33. The topological polar surface area (TPSA) is 74.6 Å². The maximum atomic E-state index is 12.8. The number of benzene rings is 1. The highest BCUT2D eigenvalue weighted by Gasteiger charge is 2.27. The van der Waals surface area contributed by atoms with Crippen LogP contribution in [-0.2, 0) is 11.3 Å². The minimum atomic E-state index is -0.129. The molecule has 3 rings (SSSR count). The average molecular weight is 341 g/mol. The highest BCUT2D eigenvalue weighted by Crippen LogP contribution is 2.26. The zero-order valence-electron chi connectivity index (χ0n) is 14.3. The van der Waals surface area contributed by atoms with Crippen molar-refractivity contribution in [3.63, 3.8) is 0 Å². The van der Waals surface area contributed by atoms with Gasteiger partial charge in [0.05, 0.1) is 12.8 Å². The molecule has 132 valence electrons. The van der Waals surface area contributed by atoms with E-state index >= 15 is 0 Å². The second kappa shape index (κ2) is 7.88. The van der Waals surface area contributed by atoms with Crippen LogP contribution < -0.4 is 10.6 Å². The van der Waals surface area contributed by atoms with Gasteiger partial charge < -0.3 is 20.0 Å². The van der Waals surface area contributed by atoms with Gasteiger partial charge >= 0.3 is 6.03 Å². The van der Waals surface area contributed by atoms with Crippen LogP contribution in [0.3, 0.4) is 0 Å². The van der Waals surface area contributed by atoms with Gasteiger partial charge in [-0.25, -0.2) is 4.79 Å². The molecule has 1 saturated carbocycles. The number of anilines is 2. The molecule has 1 aliphatic rings. The van der Waals surface area contributed by atoms with Crippen LogP contribution >= 0.6 is 0 Å². The van der Waals surface area contributed by atoms with Crippen LogP contribution in [0, 0.1) is 0 Å². The van der Waals surface area contributed by atoms with Gasteiger partial charge in [-0.1, -0.05) is 12.8 Å². The van der Waals surface area contributed by atoms with Gasteiger partial charge in [-0.2, -0.15) is 0 Å². The van der Waals surface area contributed by atoms with Gasteiger partial charge in [0, 0.05) is 24.3 Å². The largest absolute Gasteiger partial charge is 0.467 e. The molecule has 0 saturated heterocycles. The Labute approximate surface area is 147 Å². The van der Waals surface area contributed by atoms with Crippen LogP contribution in [0.15, 0.2) is 47.1 Å². The minimum Gasteiger partial charge on any atom is -0.467 e. The molecule has 1 aromatic carbocycles. The molecule has 3 amide bonds. The van der Waals surface area contributed by atoms with E-state index in [1.165, 1.54) is 6.92 Å². The van der Waals surface area contributed by atoms with Crippen LogP contribution in [0.5, 0.6) is 0 Å². The molecular weight excluding hydrogens is 318 g/mol. The predicted molar refractivity (Wildman–Crippen MR) is 96.3 cm³/mol. The lowest BCUT2D eigenvalue weighted by Crippen LogP contribution is -2.41.